The molecule has 102 valence electrons. The fourth-order valence-corrected chi connectivity index (χ4v) is 1.73. The summed E-state index contributed by atoms with van der Waals surface area (Å²) in [5, 5.41) is 12.3. The molecule has 1 atom stereocenters. The van der Waals surface area contributed by atoms with Gasteiger partial charge in [0.2, 0.25) is 5.76 Å². The molecule has 5 heteroatoms. The van der Waals surface area contributed by atoms with Crippen LogP contribution in [0.25, 0.3) is 0 Å². The van der Waals surface area contributed by atoms with Gasteiger partial charge in [-0.1, -0.05) is 13.8 Å². The third-order valence-corrected chi connectivity index (χ3v) is 2.83. The van der Waals surface area contributed by atoms with E-state index in [1.165, 1.54) is 7.11 Å². The summed E-state index contributed by atoms with van der Waals surface area (Å²) in [7, 11) is 1.32. The van der Waals surface area contributed by atoms with E-state index in [1.54, 1.807) is 12.1 Å². The zero-order chi connectivity index (χ0) is 13.5. The van der Waals surface area contributed by atoms with Gasteiger partial charge < -0.3 is 19.6 Å². The molecule has 0 radical (unpaired) electrons. The molecule has 1 aromatic heterocycles. The molecule has 1 rings (SSSR count). The highest BCUT2D eigenvalue weighted by atomic mass is 16.5. The van der Waals surface area contributed by atoms with Crippen LogP contribution in [0, 0.1) is 5.92 Å². The van der Waals surface area contributed by atoms with E-state index in [2.05, 4.69) is 23.9 Å². The van der Waals surface area contributed by atoms with Gasteiger partial charge in [-0.3, -0.25) is 0 Å². The second-order valence-corrected chi connectivity index (χ2v) is 4.50. The number of nitrogens with one attached hydrogen (secondary N) is 1. The number of ether oxygens (including phenoxy) is 1. The Balaban J connectivity index is 2.52. The van der Waals surface area contributed by atoms with Gasteiger partial charge in [0.15, 0.2) is 0 Å². The number of hydrogen-bond acceptors (Lipinski definition) is 5. The van der Waals surface area contributed by atoms with Crippen molar-refractivity contribution in [2.45, 2.75) is 32.9 Å². The van der Waals surface area contributed by atoms with Crippen LogP contribution in [0.3, 0.4) is 0 Å². The smallest absolute Gasteiger partial charge is 0.373 e. The summed E-state index contributed by atoms with van der Waals surface area (Å²) < 4.78 is 9.91. The number of esters is 1. The number of furan rings is 1. The monoisotopic (exact) mass is 255 g/mol. The summed E-state index contributed by atoms with van der Waals surface area (Å²) in [6, 6.07) is 3.57. The molecule has 1 unspecified atom stereocenters. The minimum atomic E-state index is -0.475. The lowest BCUT2D eigenvalue weighted by Crippen LogP contribution is -2.34. The van der Waals surface area contributed by atoms with Gasteiger partial charge in [-0.2, -0.15) is 0 Å². The normalized spacial score (nSPS) is 12.7. The van der Waals surface area contributed by atoms with Crippen LogP contribution >= 0.6 is 0 Å². The average Bonchev–Trinajstić information content (AvgIpc) is 2.81. The van der Waals surface area contributed by atoms with E-state index in [-0.39, 0.29) is 18.4 Å². The van der Waals surface area contributed by atoms with E-state index < -0.39 is 5.97 Å². The Morgan fingerprint density at radius 1 is 1.50 bits per heavy atom. The van der Waals surface area contributed by atoms with Gasteiger partial charge in [-0.25, -0.2) is 4.79 Å². The second-order valence-electron chi connectivity index (χ2n) is 4.50. The largest absolute Gasteiger partial charge is 0.463 e. The quantitative estimate of drug-likeness (QED) is 0.723. The number of aliphatic hydroxyl groups is 1. The van der Waals surface area contributed by atoms with E-state index in [9.17, 15) is 4.79 Å². The summed E-state index contributed by atoms with van der Waals surface area (Å²) in [5.74, 6) is 0.834. The van der Waals surface area contributed by atoms with Gasteiger partial charge in [-0.15, -0.1) is 0 Å². The van der Waals surface area contributed by atoms with Crippen molar-refractivity contribution in [2.75, 3.05) is 13.7 Å². The highest BCUT2D eigenvalue weighted by Gasteiger charge is 2.14. The Hall–Kier alpha value is -1.33. The first-order valence-corrected chi connectivity index (χ1v) is 6.09. The average molecular weight is 255 g/mol. The van der Waals surface area contributed by atoms with Crippen LogP contribution in [-0.2, 0) is 11.3 Å². The molecule has 1 aromatic rings. The molecule has 1 heterocycles. The Kier molecular flexibility index (Phi) is 5.88. The van der Waals surface area contributed by atoms with Gasteiger partial charge in [0.05, 0.1) is 13.7 Å². The van der Waals surface area contributed by atoms with E-state index in [1.807, 2.05) is 0 Å². The minimum Gasteiger partial charge on any atom is -0.463 e. The first-order chi connectivity index (χ1) is 8.58. The molecule has 0 bridgehead atoms. The first-order valence-electron chi connectivity index (χ1n) is 6.09. The maximum Gasteiger partial charge on any atom is 0.373 e. The minimum absolute atomic E-state index is 0.154. The standard InChI is InChI=1S/C13H21NO4/c1-9(2)11(6-7-15)14-8-10-4-5-12(18-10)13(16)17-3/h4-5,9,11,14-15H,6-8H2,1-3H3. The van der Waals surface area contributed by atoms with Crippen LogP contribution in [0.2, 0.25) is 0 Å². The highest BCUT2D eigenvalue weighted by Crippen LogP contribution is 2.11. The van der Waals surface area contributed by atoms with E-state index >= 15 is 0 Å². The summed E-state index contributed by atoms with van der Waals surface area (Å²) in [6.45, 7) is 4.87. The summed E-state index contributed by atoms with van der Waals surface area (Å²) in [6.07, 6.45) is 0.697. The summed E-state index contributed by atoms with van der Waals surface area (Å²) in [5.41, 5.74) is 0. The van der Waals surface area contributed by atoms with Gasteiger partial charge in [0.25, 0.3) is 0 Å². The molecule has 0 spiro atoms. The Labute approximate surface area is 107 Å². The fraction of sp³-hybridized carbons (Fsp3) is 0.615. The van der Waals surface area contributed by atoms with E-state index in [0.29, 0.717) is 24.6 Å². The predicted octanol–water partition coefficient (Wildman–Crippen LogP) is 1.56. The molecule has 5 nitrogen and oxygen atoms in total. The summed E-state index contributed by atoms with van der Waals surface area (Å²) in [4.78, 5) is 11.2. The summed E-state index contributed by atoms with van der Waals surface area (Å²) >= 11 is 0. The lowest BCUT2D eigenvalue weighted by molar-refractivity contribution is 0.0562. The first kappa shape index (κ1) is 14.7. The number of methoxy groups -OCH3 is 1. The van der Waals surface area contributed by atoms with Gasteiger partial charge in [0, 0.05) is 12.6 Å². The van der Waals surface area contributed by atoms with Crippen molar-refractivity contribution in [3.8, 4) is 0 Å². The molecule has 0 amide bonds. The topological polar surface area (TPSA) is 71.7 Å². The molecule has 0 aliphatic heterocycles. The Morgan fingerprint density at radius 3 is 2.78 bits per heavy atom. The molecule has 18 heavy (non-hydrogen) atoms. The van der Waals surface area contributed by atoms with Crippen LogP contribution in [0.15, 0.2) is 16.5 Å². The van der Waals surface area contributed by atoms with Crippen molar-refractivity contribution in [3.63, 3.8) is 0 Å². The van der Waals surface area contributed by atoms with Crippen molar-refractivity contribution in [1.82, 2.24) is 5.32 Å². The molecule has 0 aliphatic carbocycles. The third-order valence-electron chi connectivity index (χ3n) is 2.83. The van der Waals surface area contributed by atoms with Gasteiger partial charge in [-0.05, 0) is 24.5 Å². The predicted molar refractivity (Wildman–Crippen MR) is 67.2 cm³/mol. The fourth-order valence-electron chi connectivity index (χ4n) is 1.73. The molecular formula is C13H21NO4. The third kappa shape index (κ3) is 4.16. The van der Waals surface area contributed by atoms with Crippen LogP contribution in [0.4, 0.5) is 0 Å². The van der Waals surface area contributed by atoms with Crippen molar-refractivity contribution < 1.29 is 19.1 Å². The number of aliphatic hydroxyl groups excluding tert-OH is 1. The van der Waals surface area contributed by atoms with Gasteiger partial charge in [0.1, 0.15) is 5.76 Å². The molecule has 0 aromatic carbocycles. The molecule has 0 fully saturated rings. The number of carbonyl (C=O) groups is 1. The zero-order valence-corrected chi connectivity index (χ0v) is 11.1. The lowest BCUT2D eigenvalue weighted by Gasteiger charge is -2.20. The van der Waals surface area contributed by atoms with Crippen molar-refractivity contribution in [2.24, 2.45) is 5.92 Å². The number of carbonyl (C=O) groups excluding carboxylic acids is 1. The lowest BCUT2D eigenvalue weighted by atomic mass is 10.0. The molecule has 0 saturated carbocycles. The van der Waals surface area contributed by atoms with Crippen molar-refractivity contribution in [1.29, 1.82) is 0 Å². The van der Waals surface area contributed by atoms with Crippen molar-refractivity contribution >= 4 is 5.97 Å². The van der Waals surface area contributed by atoms with E-state index in [4.69, 9.17) is 9.52 Å². The maximum absolute atomic E-state index is 11.2. The highest BCUT2D eigenvalue weighted by molar-refractivity contribution is 5.86. The van der Waals surface area contributed by atoms with Crippen molar-refractivity contribution in [3.05, 3.63) is 23.7 Å². The molecule has 0 aliphatic rings. The number of hydrogen-bond donors (Lipinski definition) is 2. The SMILES string of the molecule is COC(=O)c1ccc(CNC(CCO)C(C)C)o1. The van der Waals surface area contributed by atoms with Crippen LogP contribution < -0.4 is 5.32 Å². The Bertz CT molecular complexity index is 373. The van der Waals surface area contributed by atoms with Crippen LogP contribution in [-0.4, -0.2) is 30.8 Å². The zero-order valence-electron chi connectivity index (χ0n) is 11.1. The molecular weight excluding hydrogens is 234 g/mol. The molecule has 2 N–H and O–H groups in total. The number of rotatable bonds is 7. The van der Waals surface area contributed by atoms with Crippen LogP contribution in [0.5, 0.6) is 0 Å². The maximum atomic E-state index is 11.2. The Morgan fingerprint density at radius 2 is 2.22 bits per heavy atom. The second kappa shape index (κ2) is 7.18. The van der Waals surface area contributed by atoms with Gasteiger partial charge >= 0.3 is 5.97 Å². The van der Waals surface area contributed by atoms with E-state index in [0.717, 1.165) is 0 Å². The van der Waals surface area contributed by atoms with Crippen LogP contribution in [0.1, 0.15) is 36.6 Å². The molecule has 0 saturated heterocycles.